The highest BCUT2D eigenvalue weighted by atomic mass is 32.2. The monoisotopic (exact) mass is 437 g/mol. The van der Waals surface area contributed by atoms with Gasteiger partial charge in [-0.25, -0.2) is 15.0 Å². The molecule has 2 fully saturated rings. The SMILES string of the molecule is Cc1nc2nc(-c3ccc(N4CCN(C)CC4)cc3)nc(SCCC3CCNC3)c2[nH]1. The topological polar surface area (TPSA) is 73.0 Å². The Morgan fingerprint density at radius 1 is 1.06 bits per heavy atom. The predicted molar refractivity (Wildman–Crippen MR) is 128 cm³/mol. The van der Waals surface area contributed by atoms with E-state index in [-0.39, 0.29) is 0 Å². The third kappa shape index (κ3) is 4.71. The molecule has 5 rings (SSSR count). The van der Waals surface area contributed by atoms with Crippen LogP contribution in [0, 0.1) is 12.8 Å². The maximum Gasteiger partial charge on any atom is 0.182 e. The van der Waals surface area contributed by atoms with Gasteiger partial charge in [0.25, 0.3) is 0 Å². The summed E-state index contributed by atoms with van der Waals surface area (Å²) in [5.74, 6) is 3.50. The van der Waals surface area contributed by atoms with Gasteiger partial charge in [-0.2, -0.15) is 0 Å². The van der Waals surface area contributed by atoms with Gasteiger partial charge in [-0.15, -0.1) is 11.8 Å². The maximum atomic E-state index is 4.95. The predicted octanol–water partition coefficient (Wildman–Crippen LogP) is 3.17. The van der Waals surface area contributed by atoms with Crippen LogP contribution in [0.2, 0.25) is 0 Å². The highest BCUT2D eigenvalue weighted by Crippen LogP contribution is 2.30. The van der Waals surface area contributed by atoms with E-state index in [1.54, 1.807) is 0 Å². The number of likely N-dealkylation sites (N-methyl/N-ethyl adjacent to an activating group) is 1. The van der Waals surface area contributed by atoms with Crippen LogP contribution in [0.1, 0.15) is 18.7 Å². The summed E-state index contributed by atoms with van der Waals surface area (Å²) in [6.45, 7) is 8.64. The van der Waals surface area contributed by atoms with Crippen LogP contribution in [0.3, 0.4) is 0 Å². The van der Waals surface area contributed by atoms with Gasteiger partial charge in [0.05, 0.1) is 0 Å². The third-order valence-corrected chi connectivity index (χ3v) is 7.37. The summed E-state index contributed by atoms with van der Waals surface area (Å²) in [7, 11) is 2.19. The number of aromatic amines is 1. The molecule has 0 spiro atoms. The number of nitrogens with one attached hydrogen (secondary N) is 2. The van der Waals surface area contributed by atoms with Crippen molar-refractivity contribution in [2.24, 2.45) is 5.92 Å². The minimum Gasteiger partial charge on any atom is -0.369 e. The molecular weight excluding hydrogens is 406 g/mol. The van der Waals surface area contributed by atoms with E-state index in [0.717, 1.165) is 84.3 Å². The summed E-state index contributed by atoms with van der Waals surface area (Å²) in [4.78, 5) is 22.5. The fourth-order valence-corrected chi connectivity index (χ4v) is 5.47. The normalized spacial score (nSPS) is 20.1. The lowest BCUT2D eigenvalue weighted by Crippen LogP contribution is -2.44. The Bertz CT molecular complexity index is 1020. The molecule has 8 heteroatoms. The zero-order valence-corrected chi connectivity index (χ0v) is 19.2. The average Bonchev–Trinajstić information content (AvgIpc) is 3.43. The second-order valence-corrected chi connectivity index (χ2v) is 9.79. The van der Waals surface area contributed by atoms with Crippen molar-refractivity contribution in [3.05, 3.63) is 30.1 Å². The Morgan fingerprint density at radius 2 is 1.87 bits per heavy atom. The summed E-state index contributed by atoms with van der Waals surface area (Å²) < 4.78 is 0. The maximum absolute atomic E-state index is 4.95. The Balaban J connectivity index is 1.36. The van der Waals surface area contributed by atoms with Crippen LogP contribution >= 0.6 is 11.8 Å². The van der Waals surface area contributed by atoms with Crippen LogP contribution in [-0.2, 0) is 0 Å². The first-order valence-corrected chi connectivity index (χ1v) is 12.3. The first kappa shape index (κ1) is 20.7. The molecule has 1 atom stereocenters. The Hall–Kier alpha value is -2.16. The van der Waals surface area contributed by atoms with Gasteiger partial charge < -0.3 is 20.1 Å². The van der Waals surface area contributed by atoms with Crippen LogP contribution in [0.5, 0.6) is 0 Å². The van der Waals surface area contributed by atoms with Gasteiger partial charge in [0.15, 0.2) is 11.5 Å². The van der Waals surface area contributed by atoms with Gasteiger partial charge in [0.2, 0.25) is 0 Å². The zero-order valence-electron chi connectivity index (χ0n) is 18.4. The molecule has 31 heavy (non-hydrogen) atoms. The van der Waals surface area contributed by atoms with E-state index in [2.05, 4.69) is 56.4 Å². The van der Waals surface area contributed by atoms with Crippen molar-refractivity contribution < 1.29 is 0 Å². The number of aryl methyl sites for hydroxylation is 1. The molecule has 0 amide bonds. The van der Waals surface area contributed by atoms with Crippen LogP contribution in [-0.4, -0.2) is 76.9 Å². The molecule has 1 aromatic carbocycles. The van der Waals surface area contributed by atoms with Crippen LogP contribution in [0.25, 0.3) is 22.6 Å². The molecule has 2 aliphatic rings. The highest BCUT2D eigenvalue weighted by Gasteiger charge is 2.18. The second kappa shape index (κ2) is 9.14. The van der Waals surface area contributed by atoms with Gasteiger partial charge in [-0.1, -0.05) is 0 Å². The molecule has 2 aliphatic heterocycles. The number of hydrogen-bond donors (Lipinski definition) is 2. The van der Waals surface area contributed by atoms with E-state index in [4.69, 9.17) is 9.97 Å². The fraction of sp³-hybridized carbons (Fsp3) is 0.522. The van der Waals surface area contributed by atoms with E-state index in [1.807, 2.05) is 18.7 Å². The number of aromatic nitrogens is 4. The molecular formula is C23H31N7S. The van der Waals surface area contributed by atoms with E-state index in [1.165, 1.54) is 18.5 Å². The average molecular weight is 438 g/mol. The first-order valence-electron chi connectivity index (χ1n) is 11.3. The summed E-state index contributed by atoms with van der Waals surface area (Å²) >= 11 is 1.82. The van der Waals surface area contributed by atoms with Crippen LogP contribution in [0.4, 0.5) is 5.69 Å². The number of hydrogen-bond acceptors (Lipinski definition) is 7. The van der Waals surface area contributed by atoms with E-state index < -0.39 is 0 Å². The lowest BCUT2D eigenvalue weighted by Gasteiger charge is -2.34. The Labute approximate surface area is 188 Å². The van der Waals surface area contributed by atoms with Gasteiger partial charge in [-0.05, 0) is 75.8 Å². The van der Waals surface area contributed by atoms with E-state index in [9.17, 15) is 0 Å². The van der Waals surface area contributed by atoms with Gasteiger partial charge in [0, 0.05) is 37.4 Å². The summed E-state index contributed by atoms with van der Waals surface area (Å²) in [5, 5.41) is 4.47. The van der Waals surface area contributed by atoms with Crippen molar-refractivity contribution >= 4 is 28.6 Å². The molecule has 0 saturated carbocycles. The van der Waals surface area contributed by atoms with Crippen molar-refractivity contribution in [2.45, 2.75) is 24.8 Å². The molecule has 164 valence electrons. The second-order valence-electron chi connectivity index (χ2n) is 8.71. The summed E-state index contributed by atoms with van der Waals surface area (Å²) in [6.07, 6.45) is 2.50. The largest absolute Gasteiger partial charge is 0.369 e. The minimum absolute atomic E-state index is 0.758. The molecule has 2 aromatic heterocycles. The third-order valence-electron chi connectivity index (χ3n) is 6.36. The van der Waals surface area contributed by atoms with Crippen molar-refractivity contribution in [3.63, 3.8) is 0 Å². The number of fused-ring (bicyclic) bond motifs is 1. The molecule has 4 heterocycles. The minimum atomic E-state index is 0.758. The molecule has 0 bridgehead atoms. The van der Waals surface area contributed by atoms with Gasteiger partial charge >= 0.3 is 0 Å². The highest BCUT2D eigenvalue weighted by molar-refractivity contribution is 7.99. The molecule has 7 nitrogen and oxygen atoms in total. The van der Waals surface area contributed by atoms with E-state index in [0.29, 0.717) is 0 Å². The molecule has 0 radical (unpaired) electrons. The van der Waals surface area contributed by atoms with Crippen molar-refractivity contribution in [2.75, 3.05) is 57.0 Å². The molecule has 2 saturated heterocycles. The van der Waals surface area contributed by atoms with Crippen molar-refractivity contribution in [3.8, 4) is 11.4 Å². The smallest absolute Gasteiger partial charge is 0.182 e. The Morgan fingerprint density at radius 3 is 2.61 bits per heavy atom. The zero-order chi connectivity index (χ0) is 21.2. The number of nitrogens with zero attached hydrogens (tertiary/aromatic N) is 5. The lowest BCUT2D eigenvalue weighted by molar-refractivity contribution is 0.313. The van der Waals surface area contributed by atoms with Crippen LogP contribution < -0.4 is 10.2 Å². The number of rotatable bonds is 6. The summed E-state index contributed by atoms with van der Waals surface area (Å²) in [6, 6.07) is 8.69. The molecule has 1 unspecified atom stereocenters. The fourth-order valence-electron chi connectivity index (χ4n) is 4.39. The quantitative estimate of drug-likeness (QED) is 0.453. The number of imidazole rings is 1. The van der Waals surface area contributed by atoms with Crippen molar-refractivity contribution in [1.29, 1.82) is 0 Å². The number of piperazine rings is 1. The number of H-pyrrole nitrogens is 1. The molecule has 0 aliphatic carbocycles. The summed E-state index contributed by atoms with van der Waals surface area (Å²) in [5.41, 5.74) is 4.04. The van der Waals surface area contributed by atoms with Crippen molar-refractivity contribution in [1.82, 2.24) is 30.2 Å². The van der Waals surface area contributed by atoms with Crippen LogP contribution in [0.15, 0.2) is 29.3 Å². The number of benzene rings is 1. The molecule has 2 N–H and O–H groups in total. The lowest BCUT2D eigenvalue weighted by atomic mass is 10.1. The standard InChI is InChI=1S/C23H31N7S/c1-16-25-20-22(26-16)27-21(28-23(20)31-14-8-17-7-9-24-15-17)18-3-5-19(6-4-18)30-12-10-29(2)11-13-30/h3-6,17,24H,7-15H2,1-2H3,(H,25,26,27,28). The Kier molecular flexibility index (Phi) is 6.11. The number of anilines is 1. The molecule has 3 aromatic rings. The number of thioether (sulfide) groups is 1. The van der Waals surface area contributed by atoms with E-state index >= 15 is 0 Å². The van der Waals surface area contributed by atoms with Gasteiger partial charge in [-0.3, -0.25) is 0 Å². The van der Waals surface area contributed by atoms with Gasteiger partial charge in [0.1, 0.15) is 16.4 Å². The first-order chi connectivity index (χ1) is 15.2.